The SMILES string of the molecule is CCc1ccc(C(=O)Cn2c(C)cccc2=O)cc1. The van der Waals surface area contributed by atoms with Gasteiger partial charge in [-0.1, -0.05) is 37.3 Å². The second-order valence-electron chi connectivity index (χ2n) is 4.57. The van der Waals surface area contributed by atoms with E-state index in [1.54, 1.807) is 6.07 Å². The number of hydrogen-bond donors (Lipinski definition) is 0. The highest BCUT2D eigenvalue weighted by atomic mass is 16.1. The van der Waals surface area contributed by atoms with Gasteiger partial charge in [-0.05, 0) is 25.0 Å². The molecule has 0 bridgehead atoms. The minimum atomic E-state index is -0.140. The Bertz CT molecular complexity index is 639. The number of ketones is 1. The largest absolute Gasteiger partial charge is 0.305 e. The van der Waals surface area contributed by atoms with Crippen molar-refractivity contribution in [3.05, 3.63) is 69.6 Å². The van der Waals surface area contributed by atoms with Gasteiger partial charge in [-0.15, -0.1) is 0 Å². The molecule has 1 heterocycles. The van der Waals surface area contributed by atoms with E-state index in [0.29, 0.717) is 5.56 Å². The lowest BCUT2D eigenvalue weighted by Gasteiger charge is -2.08. The zero-order valence-corrected chi connectivity index (χ0v) is 11.2. The molecule has 0 amide bonds. The van der Waals surface area contributed by atoms with E-state index in [-0.39, 0.29) is 17.9 Å². The van der Waals surface area contributed by atoms with Crippen LogP contribution >= 0.6 is 0 Å². The minimum Gasteiger partial charge on any atom is -0.305 e. The number of hydrogen-bond acceptors (Lipinski definition) is 2. The van der Waals surface area contributed by atoms with E-state index in [9.17, 15) is 9.59 Å². The lowest BCUT2D eigenvalue weighted by atomic mass is 10.1. The first-order valence-corrected chi connectivity index (χ1v) is 6.40. The molecule has 19 heavy (non-hydrogen) atoms. The van der Waals surface area contributed by atoms with Crippen LogP contribution in [-0.4, -0.2) is 10.4 Å². The van der Waals surface area contributed by atoms with Crippen molar-refractivity contribution in [2.75, 3.05) is 0 Å². The Hall–Kier alpha value is -2.16. The second kappa shape index (κ2) is 5.65. The number of carbonyl (C=O) groups is 1. The van der Waals surface area contributed by atoms with Crippen LogP contribution in [-0.2, 0) is 13.0 Å². The first-order valence-electron chi connectivity index (χ1n) is 6.40. The van der Waals surface area contributed by atoms with Crippen molar-refractivity contribution in [2.45, 2.75) is 26.8 Å². The minimum absolute atomic E-state index is 0.0425. The summed E-state index contributed by atoms with van der Waals surface area (Å²) in [6.07, 6.45) is 0.950. The van der Waals surface area contributed by atoms with Gasteiger partial charge in [-0.3, -0.25) is 9.59 Å². The third kappa shape index (κ3) is 2.99. The summed E-state index contributed by atoms with van der Waals surface area (Å²) in [6.45, 7) is 4.00. The molecule has 0 atom stereocenters. The van der Waals surface area contributed by atoms with Gasteiger partial charge < -0.3 is 4.57 Å². The quantitative estimate of drug-likeness (QED) is 0.788. The second-order valence-corrected chi connectivity index (χ2v) is 4.57. The summed E-state index contributed by atoms with van der Waals surface area (Å²) in [6, 6.07) is 12.6. The van der Waals surface area contributed by atoms with E-state index in [4.69, 9.17) is 0 Å². The summed E-state index contributed by atoms with van der Waals surface area (Å²) in [5.74, 6) is -0.0425. The standard InChI is InChI=1S/C16H17NO2/c1-3-13-7-9-14(10-8-13)15(18)11-17-12(2)5-4-6-16(17)19/h4-10H,3,11H2,1-2H3. The molecule has 0 aliphatic rings. The van der Waals surface area contributed by atoms with E-state index >= 15 is 0 Å². The maximum absolute atomic E-state index is 12.2. The van der Waals surface area contributed by atoms with Crippen molar-refractivity contribution in [2.24, 2.45) is 0 Å². The van der Waals surface area contributed by atoms with Crippen molar-refractivity contribution < 1.29 is 4.79 Å². The third-order valence-electron chi connectivity index (χ3n) is 3.25. The smallest absolute Gasteiger partial charge is 0.251 e. The Kier molecular flexibility index (Phi) is 3.95. The molecule has 0 radical (unpaired) electrons. The van der Waals surface area contributed by atoms with E-state index in [1.165, 1.54) is 16.2 Å². The fourth-order valence-corrected chi connectivity index (χ4v) is 1.99. The zero-order valence-electron chi connectivity index (χ0n) is 11.2. The van der Waals surface area contributed by atoms with Gasteiger partial charge in [0.15, 0.2) is 5.78 Å². The Balaban J connectivity index is 2.23. The number of aryl methyl sites for hydroxylation is 2. The van der Waals surface area contributed by atoms with E-state index in [2.05, 4.69) is 6.92 Å². The zero-order chi connectivity index (χ0) is 13.8. The molecule has 0 aliphatic carbocycles. The molecule has 0 unspecified atom stereocenters. The maximum Gasteiger partial charge on any atom is 0.251 e. The van der Waals surface area contributed by atoms with Crippen LogP contribution in [0.4, 0.5) is 0 Å². The molecule has 0 aliphatic heterocycles. The third-order valence-corrected chi connectivity index (χ3v) is 3.25. The lowest BCUT2D eigenvalue weighted by molar-refractivity contribution is 0.0970. The van der Waals surface area contributed by atoms with Crippen LogP contribution < -0.4 is 5.56 Å². The Labute approximate surface area is 112 Å². The topological polar surface area (TPSA) is 39.1 Å². The van der Waals surface area contributed by atoms with Crippen LogP contribution in [0.25, 0.3) is 0 Å². The maximum atomic E-state index is 12.2. The van der Waals surface area contributed by atoms with Crippen molar-refractivity contribution in [1.82, 2.24) is 4.57 Å². The van der Waals surface area contributed by atoms with Gasteiger partial charge in [0.1, 0.15) is 0 Å². The van der Waals surface area contributed by atoms with Gasteiger partial charge in [-0.25, -0.2) is 0 Å². The summed E-state index contributed by atoms with van der Waals surface area (Å²) in [7, 11) is 0. The first kappa shape index (κ1) is 13.3. The predicted molar refractivity (Wildman–Crippen MR) is 75.6 cm³/mol. The fourth-order valence-electron chi connectivity index (χ4n) is 1.99. The molecule has 98 valence electrons. The summed E-state index contributed by atoms with van der Waals surface area (Å²) >= 11 is 0. The number of benzene rings is 1. The average Bonchev–Trinajstić information content (AvgIpc) is 2.43. The van der Waals surface area contributed by atoms with Gasteiger partial charge >= 0.3 is 0 Å². The molecule has 3 heteroatoms. The summed E-state index contributed by atoms with van der Waals surface area (Å²) in [5.41, 5.74) is 2.50. The first-order chi connectivity index (χ1) is 9.11. The van der Waals surface area contributed by atoms with Gasteiger partial charge in [0.25, 0.3) is 5.56 Å². The summed E-state index contributed by atoms with van der Waals surface area (Å²) < 4.78 is 1.50. The van der Waals surface area contributed by atoms with E-state index in [0.717, 1.165) is 12.1 Å². The molecule has 0 N–H and O–H groups in total. The van der Waals surface area contributed by atoms with Crippen LogP contribution in [0.5, 0.6) is 0 Å². The van der Waals surface area contributed by atoms with Gasteiger partial charge in [0.2, 0.25) is 0 Å². The normalized spacial score (nSPS) is 10.4. The number of aromatic nitrogens is 1. The molecule has 3 nitrogen and oxygen atoms in total. The summed E-state index contributed by atoms with van der Waals surface area (Å²) in [5, 5.41) is 0. The predicted octanol–water partition coefficient (Wildman–Crippen LogP) is 2.60. The molecular weight excluding hydrogens is 238 g/mol. The highest BCUT2D eigenvalue weighted by Gasteiger charge is 2.09. The fraction of sp³-hybridized carbons (Fsp3) is 0.250. The molecule has 2 rings (SSSR count). The van der Waals surface area contributed by atoms with E-state index in [1.807, 2.05) is 37.3 Å². The van der Waals surface area contributed by atoms with Crippen LogP contribution in [0.15, 0.2) is 47.3 Å². The van der Waals surface area contributed by atoms with Crippen LogP contribution in [0.3, 0.4) is 0 Å². The van der Waals surface area contributed by atoms with Crippen LogP contribution in [0.2, 0.25) is 0 Å². The highest BCUT2D eigenvalue weighted by Crippen LogP contribution is 2.07. The van der Waals surface area contributed by atoms with Crippen molar-refractivity contribution in [3.63, 3.8) is 0 Å². The molecular formula is C16H17NO2. The number of Topliss-reactive ketones (excluding diaryl/α,β-unsaturated/α-hetero) is 1. The van der Waals surface area contributed by atoms with Gasteiger partial charge in [0, 0.05) is 17.3 Å². The van der Waals surface area contributed by atoms with Crippen molar-refractivity contribution in [3.8, 4) is 0 Å². The average molecular weight is 255 g/mol. The number of rotatable bonds is 4. The Morgan fingerprint density at radius 2 is 1.79 bits per heavy atom. The molecule has 0 saturated carbocycles. The van der Waals surface area contributed by atoms with Crippen molar-refractivity contribution in [1.29, 1.82) is 0 Å². The summed E-state index contributed by atoms with van der Waals surface area (Å²) in [4.78, 5) is 23.9. The molecule has 1 aromatic carbocycles. The highest BCUT2D eigenvalue weighted by molar-refractivity contribution is 5.95. The number of carbonyl (C=O) groups excluding carboxylic acids is 1. The molecule has 0 fully saturated rings. The lowest BCUT2D eigenvalue weighted by Crippen LogP contribution is -2.25. The van der Waals surface area contributed by atoms with Crippen LogP contribution in [0.1, 0.15) is 28.5 Å². The Morgan fingerprint density at radius 1 is 1.11 bits per heavy atom. The number of pyridine rings is 1. The monoisotopic (exact) mass is 255 g/mol. The molecule has 1 aromatic heterocycles. The number of nitrogens with zero attached hydrogens (tertiary/aromatic N) is 1. The van der Waals surface area contributed by atoms with E-state index < -0.39 is 0 Å². The Morgan fingerprint density at radius 3 is 2.37 bits per heavy atom. The van der Waals surface area contributed by atoms with Crippen LogP contribution in [0, 0.1) is 6.92 Å². The van der Waals surface area contributed by atoms with Gasteiger partial charge in [0.05, 0.1) is 6.54 Å². The molecule has 0 spiro atoms. The van der Waals surface area contributed by atoms with Crippen molar-refractivity contribution >= 4 is 5.78 Å². The van der Waals surface area contributed by atoms with Gasteiger partial charge in [-0.2, -0.15) is 0 Å². The molecule has 2 aromatic rings. The molecule has 0 saturated heterocycles.